The Balaban J connectivity index is 1.52. The smallest absolute Gasteiger partial charge is 0.410 e. The van der Waals surface area contributed by atoms with E-state index in [-0.39, 0.29) is 30.2 Å². The highest BCUT2D eigenvalue weighted by molar-refractivity contribution is 7.20. The van der Waals surface area contributed by atoms with Crippen LogP contribution in [-0.4, -0.2) is 96.1 Å². The van der Waals surface area contributed by atoms with Gasteiger partial charge in [0.1, 0.15) is 16.7 Å². The molecule has 2 aliphatic rings. The van der Waals surface area contributed by atoms with Crippen molar-refractivity contribution in [3.63, 3.8) is 0 Å². The summed E-state index contributed by atoms with van der Waals surface area (Å²) in [5, 5.41) is 0.451. The van der Waals surface area contributed by atoms with Crippen molar-refractivity contribution in [2.75, 3.05) is 44.8 Å². The molecule has 2 fully saturated rings. The van der Waals surface area contributed by atoms with Gasteiger partial charge in [0, 0.05) is 32.1 Å². The maximum absolute atomic E-state index is 12.9. The quantitative estimate of drug-likeness (QED) is 0.320. The summed E-state index contributed by atoms with van der Waals surface area (Å²) in [5.41, 5.74) is 0.828. The molecule has 12 heteroatoms. The van der Waals surface area contributed by atoms with E-state index in [2.05, 4.69) is 4.90 Å². The van der Waals surface area contributed by atoms with Gasteiger partial charge >= 0.3 is 18.2 Å². The Morgan fingerprint density at radius 1 is 0.952 bits per heavy atom. The predicted octanol–water partition coefficient (Wildman–Crippen LogP) is 5.55. The van der Waals surface area contributed by atoms with Crippen molar-refractivity contribution in [3.8, 4) is 5.19 Å². The first-order valence-corrected chi connectivity index (χ1v) is 15.3. The van der Waals surface area contributed by atoms with Gasteiger partial charge in [-0.3, -0.25) is 4.90 Å². The van der Waals surface area contributed by atoms with Gasteiger partial charge in [0.2, 0.25) is 0 Å². The highest BCUT2D eigenvalue weighted by atomic mass is 32.1. The fourth-order valence-electron chi connectivity index (χ4n) is 5.41. The highest BCUT2D eigenvalue weighted by Gasteiger charge is 2.37. The largest absolute Gasteiger partial charge is 0.470 e. The van der Waals surface area contributed by atoms with Crippen LogP contribution in [0.3, 0.4) is 0 Å². The van der Waals surface area contributed by atoms with E-state index in [0.717, 1.165) is 12.1 Å². The molecule has 42 heavy (non-hydrogen) atoms. The van der Waals surface area contributed by atoms with Crippen molar-refractivity contribution >= 4 is 45.4 Å². The summed E-state index contributed by atoms with van der Waals surface area (Å²) in [6, 6.07) is 3.43. The number of thiazole rings is 1. The molecule has 0 spiro atoms. The third-order valence-corrected chi connectivity index (χ3v) is 8.15. The van der Waals surface area contributed by atoms with Crippen LogP contribution >= 0.6 is 11.3 Å². The number of amides is 2. The number of aromatic nitrogens is 1. The molecule has 1 aromatic carbocycles. The van der Waals surface area contributed by atoms with E-state index in [1.165, 1.54) is 18.4 Å². The number of fused-ring (bicyclic) bond motifs is 1. The molecule has 4 rings (SSSR count). The zero-order chi connectivity index (χ0) is 31.0. The minimum atomic E-state index is -0.576. The van der Waals surface area contributed by atoms with E-state index in [9.17, 15) is 14.4 Å². The standard InChI is InChI=1S/C30H44N4O7S/c1-18-14-33(15-19(2)34(18)28(37)41-30(6,7)8)22-11-10-21(25(35)38-9)24-23(22)31-26(42-24)39-17-20-12-13-32(16-20)27(36)40-29(3,4)5/h10-11,18-20H,12-17H2,1-9H3/t18-,19-,20?/m0/s1. The monoisotopic (exact) mass is 604 g/mol. The Morgan fingerprint density at radius 2 is 1.57 bits per heavy atom. The molecule has 0 bridgehead atoms. The predicted molar refractivity (Wildman–Crippen MR) is 162 cm³/mol. The molecule has 0 radical (unpaired) electrons. The van der Waals surface area contributed by atoms with Crippen molar-refractivity contribution in [1.29, 1.82) is 0 Å². The average Bonchev–Trinajstić information content (AvgIpc) is 3.51. The van der Waals surface area contributed by atoms with Crippen LogP contribution in [0, 0.1) is 5.92 Å². The van der Waals surface area contributed by atoms with Gasteiger partial charge in [-0.1, -0.05) is 11.3 Å². The number of esters is 1. The van der Waals surface area contributed by atoms with E-state index in [1.54, 1.807) is 15.9 Å². The molecule has 2 aliphatic heterocycles. The zero-order valence-electron chi connectivity index (χ0n) is 26.2. The van der Waals surface area contributed by atoms with Gasteiger partial charge in [-0.15, -0.1) is 0 Å². The maximum Gasteiger partial charge on any atom is 0.410 e. The topological polar surface area (TPSA) is 111 Å². The summed E-state index contributed by atoms with van der Waals surface area (Å²) < 4.78 is 23.0. The first-order valence-electron chi connectivity index (χ1n) is 14.4. The lowest BCUT2D eigenvalue weighted by atomic mass is 10.1. The molecule has 2 saturated heterocycles. The molecule has 0 saturated carbocycles. The molecule has 0 N–H and O–H groups in total. The van der Waals surface area contributed by atoms with Crippen molar-refractivity contribution in [3.05, 3.63) is 17.7 Å². The minimum absolute atomic E-state index is 0.108. The molecular formula is C30H44N4O7S. The summed E-state index contributed by atoms with van der Waals surface area (Å²) in [5.74, 6) is -0.297. The highest BCUT2D eigenvalue weighted by Crippen LogP contribution is 2.38. The average molecular weight is 605 g/mol. The second kappa shape index (κ2) is 12.1. The molecule has 1 aromatic heterocycles. The summed E-state index contributed by atoms with van der Waals surface area (Å²) in [4.78, 5) is 48.5. The number of piperazine rings is 1. The Morgan fingerprint density at radius 3 is 2.17 bits per heavy atom. The van der Waals surface area contributed by atoms with Gasteiger partial charge in [-0.25, -0.2) is 19.4 Å². The van der Waals surface area contributed by atoms with Crippen LogP contribution in [0.2, 0.25) is 0 Å². The summed E-state index contributed by atoms with van der Waals surface area (Å²) in [6.07, 6.45) is 0.169. The lowest BCUT2D eigenvalue weighted by Gasteiger charge is -2.45. The third kappa shape index (κ3) is 7.37. The molecule has 232 valence electrons. The lowest BCUT2D eigenvalue weighted by Crippen LogP contribution is -2.59. The number of hydrogen-bond acceptors (Lipinski definition) is 10. The summed E-state index contributed by atoms with van der Waals surface area (Å²) >= 11 is 1.31. The van der Waals surface area contributed by atoms with Gasteiger partial charge in [0.05, 0.1) is 41.8 Å². The van der Waals surface area contributed by atoms with E-state index in [4.69, 9.17) is 23.9 Å². The number of ether oxygens (including phenoxy) is 4. The van der Waals surface area contributed by atoms with Crippen LogP contribution < -0.4 is 9.64 Å². The molecular weight excluding hydrogens is 560 g/mol. The number of hydrogen-bond donors (Lipinski definition) is 0. The van der Waals surface area contributed by atoms with Crippen LogP contribution in [-0.2, 0) is 14.2 Å². The van der Waals surface area contributed by atoms with Crippen molar-refractivity contribution in [1.82, 2.24) is 14.8 Å². The summed E-state index contributed by atoms with van der Waals surface area (Å²) in [7, 11) is 1.36. The van der Waals surface area contributed by atoms with Gasteiger partial charge in [0.25, 0.3) is 5.19 Å². The number of carbonyl (C=O) groups excluding carboxylic acids is 3. The normalized spacial score (nSPS) is 21.5. The van der Waals surface area contributed by atoms with Crippen molar-refractivity contribution in [2.45, 2.75) is 85.1 Å². The third-order valence-electron chi connectivity index (χ3n) is 7.15. The van der Waals surface area contributed by atoms with E-state index in [0.29, 0.717) is 53.8 Å². The number of nitrogens with zero attached hydrogens (tertiary/aromatic N) is 4. The van der Waals surface area contributed by atoms with Crippen LogP contribution in [0.1, 0.15) is 72.2 Å². The number of carbonyl (C=O) groups is 3. The zero-order valence-corrected chi connectivity index (χ0v) is 27.0. The Labute approximate surface area is 252 Å². The molecule has 3 atom stereocenters. The summed E-state index contributed by atoms with van der Waals surface area (Å²) in [6.45, 7) is 17.9. The number of benzene rings is 1. The Hall–Kier alpha value is -3.28. The molecule has 3 heterocycles. The van der Waals surface area contributed by atoms with Crippen molar-refractivity contribution < 1.29 is 33.3 Å². The van der Waals surface area contributed by atoms with Gasteiger partial charge < -0.3 is 28.7 Å². The first kappa shape index (κ1) is 31.7. The van der Waals surface area contributed by atoms with E-state index in [1.807, 2.05) is 61.5 Å². The fraction of sp³-hybridized carbons (Fsp3) is 0.667. The molecule has 0 aliphatic carbocycles. The molecule has 11 nitrogen and oxygen atoms in total. The second-order valence-corrected chi connectivity index (χ2v) is 14.1. The number of rotatable bonds is 5. The van der Waals surface area contributed by atoms with Gasteiger partial charge in [-0.05, 0) is 73.9 Å². The number of anilines is 1. The lowest BCUT2D eigenvalue weighted by molar-refractivity contribution is 0.00560. The number of methoxy groups -OCH3 is 1. The SMILES string of the molecule is COC(=O)c1ccc(N2C[C@H](C)N(C(=O)OC(C)(C)C)[C@@H](C)C2)c2nc(OCC3CCN(C(=O)OC(C)(C)C)C3)sc12. The molecule has 2 amide bonds. The van der Waals surface area contributed by atoms with E-state index < -0.39 is 17.2 Å². The second-order valence-electron chi connectivity index (χ2n) is 13.2. The van der Waals surface area contributed by atoms with Crippen LogP contribution in [0.15, 0.2) is 12.1 Å². The van der Waals surface area contributed by atoms with E-state index >= 15 is 0 Å². The van der Waals surface area contributed by atoms with Crippen molar-refractivity contribution in [2.24, 2.45) is 5.92 Å². The first-order chi connectivity index (χ1) is 19.6. The molecule has 2 aromatic rings. The minimum Gasteiger partial charge on any atom is -0.470 e. The van der Waals surface area contributed by atoms with Crippen LogP contribution in [0.25, 0.3) is 10.2 Å². The fourth-order valence-corrected chi connectivity index (χ4v) is 6.35. The Kier molecular flexibility index (Phi) is 9.15. The number of likely N-dealkylation sites (tertiary alicyclic amines) is 1. The Bertz CT molecular complexity index is 1300. The van der Waals surface area contributed by atoms with Gasteiger partial charge in [-0.2, -0.15) is 0 Å². The van der Waals surface area contributed by atoms with Crippen LogP contribution in [0.4, 0.5) is 15.3 Å². The maximum atomic E-state index is 12.9. The van der Waals surface area contributed by atoms with Crippen LogP contribution in [0.5, 0.6) is 5.19 Å². The van der Waals surface area contributed by atoms with Gasteiger partial charge in [0.15, 0.2) is 0 Å². The molecule has 1 unspecified atom stereocenters.